The van der Waals surface area contributed by atoms with Gasteiger partial charge in [-0.1, -0.05) is 20.8 Å². The molecule has 0 spiro atoms. The number of aliphatic carboxylic acids is 1. The van der Waals surface area contributed by atoms with Gasteiger partial charge in [0.15, 0.2) is 0 Å². The average Bonchev–Trinajstić information content (AvgIpc) is 2.94. The molecule has 0 saturated carbocycles. The first kappa shape index (κ1) is 18.9. The topological polar surface area (TPSA) is 86.7 Å². The van der Waals surface area contributed by atoms with Crippen molar-refractivity contribution in [3.05, 3.63) is 35.6 Å². The molecule has 1 aromatic carbocycles. The van der Waals surface area contributed by atoms with E-state index < -0.39 is 29.7 Å². The number of amides is 2. The Kier molecular flexibility index (Phi) is 5.77. The van der Waals surface area contributed by atoms with Crippen LogP contribution >= 0.6 is 0 Å². The van der Waals surface area contributed by atoms with Gasteiger partial charge in [0.05, 0.1) is 5.92 Å². The number of nitrogens with one attached hydrogen (secondary N) is 1. The molecular weight excluding hydrogens is 327 g/mol. The first-order valence-corrected chi connectivity index (χ1v) is 8.28. The summed E-state index contributed by atoms with van der Waals surface area (Å²) >= 11 is 0. The smallest absolute Gasteiger partial charge is 0.308 e. The summed E-state index contributed by atoms with van der Waals surface area (Å²) in [5, 5.41) is 11.9. The van der Waals surface area contributed by atoms with Crippen molar-refractivity contribution in [2.24, 2.45) is 17.8 Å². The minimum atomic E-state index is -0.917. The van der Waals surface area contributed by atoms with E-state index in [0.717, 1.165) is 0 Å². The maximum Gasteiger partial charge on any atom is 0.308 e. The first-order valence-electron chi connectivity index (χ1n) is 8.28. The van der Waals surface area contributed by atoms with Gasteiger partial charge in [0.1, 0.15) is 11.9 Å². The molecular formula is C18H23FN2O4. The van der Waals surface area contributed by atoms with E-state index >= 15 is 0 Å². The number of carbonyl (C=O) groups excluding carboxylic acids is 2. The Morgan fingerprint density at radius 3 is 2.28 bits per heavy atom. The maximum atomic E-state index is 13.0. The van der Waals surface area contributed by atoms with Crippen LogP contribution in [-0.2, 0) is 9.59 Å². The predicted octanol–water partition coefficient (Wildman–Crippen LogP) is 1.76. The summed E-state index contributed by atoms with van der Waals surface area (Å²) in [7, 11) is 0. The largest absolute Gasteiger partial charge is 0.481 e. The molecule has 2 amide bonds. The standard InChI is InChI=1S/C18H23FN2O4/c1-10(2)15(20-16(22)12-4-6-13(19)7-5-12)17(23)21-8-11(3)14(9-21)18(24)25/h4-7,10-11,14-15H,8-9H2,1-3H3,(H,20,22)(H,24,25)/t11-,14-,15?/m1/s1. The van der Waals surface area contributed by atoms with E-state index in [0.29, 0.717) is 6.54 Å². The monoisotopic (exact) mass is 350 g/mol. The normalized spacial score (nSPS) is 21.2. The third kappa shape index (κ3) is 4.35. The van der Waals surface area contributed by atoms with Gasteiger partial charge < -0.3 is 15.3 Å². The van der Waals surface area contributed by atoms with E-state index in [1.54, 1.807) is 6.92 Å². The number of hydrogen-bond donors (Lipinski definition) is 2. The number of halogens is 1. The second-order valence-corrected chi connectivity index (χ2v) is 6.87. The van der Waals surface area contributed by atoms with Crippen LogP contribution in [0.4, 0.5) is 4.39 Å². The number of carboxylic acids is 1. The number of nitrogens with zero attached hydrogens (tertiary/aromatic N) is 1. The highest BCUT2D eigenvalue weighted by Crippen LogP contribution is 2.24. The van der Waals surface area contributed by atoms with Gasteiger partial charge in [0.25, 0.3) is 5.91 Å². The number of benzene rings is 1. The van der Waals surface area contributed by atoms with Gasteiger partial charge in [0, 0.05) is 18.7 Å². The Morgan fingerprint density at radius 2 is 1.80 bits per heavy atom. The molecule has 0 aromatic heterocycles. The number of carbonyl (C=O) groups is 3. The minimum Gasteiger partial charge on any atom is -0.481 e. The van der Waals surface area contributed by atoms with Crippen molar-refractivity contribution in [2.45, 2.75) is 26.8 Å². The molecule has 2 rings (SSSR count). The fourth-order valence-corrected chi connectivity index (χ4v) is 3.00. The molecule has 136 valence electrons. The van der Waals surface area contributed by atoms with Crippen molar-refractivity contribution < 1.29 is 23.9 Å². The van der Waals surface area contributed by atoms with Crippen molar-refractivity contribution in [1.29, 1.82) is 0 Å². The molecule has 6 nitrogen and oxygen atoms in total. The predicted molar refractivity (Wildman–Crippen MR) is 89.4 cm³/mol. The molecule has 0 bridgehead atoms. The van der Waals surface area contributed by atoms with Gasteiger partial charge in [-0.15, -0.1) is 0 Å². The van der Waals surface area contributed by atoms with Crippen LogP contribution in [0.5, 0.6) is 0 Å². The average molecular weight is 350 g/mol. The van der Waals surface area contributed by atoms with Crippen molar-refractivity contribution in [2.75, 3.05) is 13.1 Å². The lowest BCUT2D eigenvalue weighted by Gasteiger charge is -2.27. The van der Waals surface area contributed by atoms with Gasteiger partial charge in [-0.3, -0.25) is 14.4 Å². The van der Waals surface area contributed by atoms with Crippen LogP contribution in [-0.4, -0.2) is 46.9 Å². The van der Waals surface area contributed by atoms with E-state index in [1.165, 1.54) is 29.2 Å². The summed E-state index contributed by atoms with van der Waals surface area (Å²) in [6, 6.07) is 4.30. The molecule has 1 aliphatic rings. The van der Waals surface area contributed by atoms with Crippen LogP contribution in [0.3, 0.4) is 0 Å². The van der Waals surface area contributed by atoms with E-state index in [9.17, 15) is 23.9 Å². The SMILES string of the molecule is CC(C)C(NC(=O)c1ccc(F)cc1)C(=O)N1C[C@@H](C)[C@H](C(=O)O)C1. The van der Waals surface area contributed by atoms with Gasteiger partial charge in [-0.2, -0.15) is 0 Å². The van der Waals surface area contributed by atoms with Crippen LogP contribution in [0.15, 0.2) is 24.3 Å². The summed E-state index contributed by atoms with van der Waals surface area (Å²) in [6.45, 7) is 5.91. The van der Waals surface area contributed by atoms with Crippen LogP contribution in [0.2, 0.25) is 0 Å². The van der Waals surface area contributed by atoms with E-state index in [-0.39, 0.29) is 29.9 Å². The minimum absolute atomic E-state index is 0.137. The van der Waals surface area contributed by atoms with Crippen molar-refractivity contribution in [3.8, 4) is 0 Å². The molecule has 1 saturated heterocycles. The molecule has 3 atom stereocenters. The van der Waals surface area contributed by atoms with Crippen LogP contribution in [0.25, 0.3) is 0 Å². The van der Waals surface area contributed by atoms with Crippen LogP contribution in [0, 0.1) is 23.6 Å². The number of hydrogen-bond acceptors (Lipinski definition) is 3. The molecule has 0 aliphatic carbocycles. The van der Waals surface area contributed by atoms with E-state index in [1.807, 2.05) is 13.8 Å². The summed E-state index contributed by atoms with van der Waals surface area (Å²) in [6.07, 6.45) is 0. The van der Waals surface area contributed by atoms with Gasteiger partial charge in [0.2, 0.25) is 5.91 Å². The highest BCUT2D eigenvalue weighted by Gasteiger charge is 2.39. The molecule has 7 heteroatoms. The number of carboxylic acid groups (broad SMARTS) is 1. The summed E-state index contributed by atoms with van der Waals surface area (Å²) in [5.41, 5.74) is 0.262. The fraction of sp³-hybridized carbons (Fsp3) is 0.500. The maximum absolute atomic E-state index is 13.0. The van der Waals surface area contributed by atoms with Gasteiger partial charge in [-0.05, 0) is 36.1 Å². The quantitative estimate of drug-likeness (QED) is 0.847. The highest BCUT2D eigenvalue weighted by molar-refractivity contribution is 5.97. The summed E-state index contributed by atoms with van der Waals surface area (Å²) in [5.74, 6) is -3.02. The summed E-state index contributed by atoms with van der Waals surface area (Å²) < 4.78 is 13.0. The Labute approximate surface area is 146 Å². The zero-order chi connectivity index (χ0) is 18.7. The van der Waals surface area contributed by atoms with Crippen molar-refractivity contribution >= 4 is 17.8 Å². The lowest BCUT2D eigenvalue weighted by atomic mass is 9.99. The second-order valence-electron chi connectivity index (χ2n) is 6.87. The lowest BCUT2D eigenvalue weighted by molar-refractivity contribution is -0.142. The lowest BCUT2D eigenvalue weighted by Crippen LogP contribution is -2.50. The summed E-state index contributed by atoms with van der Waals surface area (Å²) in [4.78, 5) is 37.8. The fourth-order valence-electron chi connectivity index (χ4n) is 3.00. The molecule has 0 radical (unpaired) electrons. The molecule has 1 fully saturated rings. The van der Waals surface area contributed by atoms with E-state index in [2.05, 4.69) is 5.32 Å². The molecule has 2 N–H and O–H groups in total. The molecule has 1 aliphatic heterocycles. The third-order valence-corrected chi connectivity index (χ3v) is 4.57. The van der Waals surface area contributed by atoms with E-state index in [4.69, 9.17) is 0 Å². The number of rotatable bonds is 5. The Hall–Kier alpha value is -2.44. The highest BCUT2D eigenvalue weighted by atomic mass is 19.1. The molecule has 25 heavy (non-hydrogen) atoms. The number of likely N-dealkylation sites (tertiary alicyclic amines) is 1. The molecule has 1 heterocycles. The van der Waals surface area contributed by atoms with Crippen LogP contribution < -0.4 is 5.32 Å². The Balaban J connectivity index is 2.10. The zero-order valence-corrected chi connectivity index (χ0v) is 14.5. The van der Waals surface area contributed by atoms with Crippen LogP contribution in [0.1, 0.15) is 31.1 Å². The third-order valence-electron chi connectivity index (χ3n) is 4.57. The molecule has 1 aromatic rings. The Morgan fingerprint density at radius 1 is 1.20 bits per heavy atom. The van der Waals surface area contributed by atoms with Gasteiger partial charge >= 0.3 is 5.97 Å². The zero-order valence-electron chi connectivity index (χ0n) is 14.5. The van der Waals surface area contributed by atoms with Crippen molar-refractivity contribution in [3.63, 3.8) is 0 Å². The second kappa shape index (κ2) is 7.63. The molecule has 1 unspecified atom stereocenters. The van der Waals surface area contributed by atoms with Crippen molar-refractivity contribution in [1.82, 2.24) is 10.2 Å². The van der Waals surface area contributed by atoms with Gasteiger partial charge in [-0.25, -0.2) is 4.39 Å². The first-order chi connectivity index (χ1) is 11.7. The Bertz CT molecular complexity index is 660.